The van der Waals surface area contributed by atoms with Crippen molar-refractivity contribution in [1.82, 2.24) is 0 Å². The van der Waals surface area contributed by atoms with Crippen LogP contribution in [0.5, 0.6) is 5.75 Å². The molecule has 1 heterocycles. The van der Waals surface area contributed by atoms with Crippen LogP contribution in [0.2, 0.25) is 0 Å². The van der Waals surface area contributed by atoms with E-state index in [2.05, 4.69) is 31.2 Å². The van der Waals surface area contributed by atoms with Crippen LogP contribution < -0.4 is 4.74 Å². The Morgan fingerprint density at radius 1 is 1.17 bits per heavy atom. The lowest BCUT2D eigenvalue weighted by Crippen LogP contribution is -1.97. The third-order valence-corrected chi connectivity index (χ3v) is 3.35. The third kappa shape index (κ3) is 5.09. The van der Waals surface area contributed by atoms with Crippen molar-refractivity contribution in [2.45, 2.75) is 51.6 Å². The molecular weight excluding hydrogens is 224 g/mol. The van der Waals surface area contributed by atoms with E-state index in [1.165, 1.54) is 24.8 Å². The van der Waals surface area contributed by atoms with Gasteiger partial charge in [-0.05, 0) is 37.0 Å². The molecule has 0 amide bonds. The lowest BCUT2D eigenvalue weighted by Gasteiger charge is -2.07. The number of hydrogen-bond donors (Lipinski definition) is 0. The number of rotatable bonds is 9. The van der Waals surface area contributed by atoms with Gasteiger partial charge in [-0.1, -0.05) is 38.3 Å². The molecule has 1 unspecified atom stereocenters. The highest BCUT2D eigenvalue weighted by molar-refractivity contribution is 5.27. The summed E-state index contributed by atoms with van der Waals surface area (Å²) in [6, 6.07) is 8.51. The van der Waals surface area contributed by atoms with Gasteiger partial charge in [-0.25, -0.2) is 0 Å². The quantitative estimate of drug-likeness (QED) is 0.487. The zero-order valence-electron chi connectivity index (χ0n) is 11.4. The first-order chi connectivity index (χ1) is 8.88. The van der Waals surface area contributed by atoms with Gasteiger partial charge in [-0.2, -0.15) is 0 Å². The van der Waals surface area contributed by atoms with Gasteiger partial charge in [0.05, 0.1) is 19.3 Å². The monoisotopic (exact) mass is 248 g/mol. The number of benzene rings is 1. The first-order valence-electron chi connectivity index (χ1n) is 7.22. The fourth-order valence-electron chi connectivity index (χ4n) is 2.03. The molecule has 1 fully saturated rings. The molecule has 0 aliphatic carbocycles. The van der Waals surface area contributed by atoms with Gasteiger partial charge in [0.1, 0.15) is 5.75 Å². The Labute approximate surface area is 110 Å². The molecule has 1 aliphatic rings. The SMILES string of the molecule is CCCCCCOc1ccc(CCC2CO2)cc1. The Kier molecular flexibility index (Phi) is 5.53. The van der Waals surface area contributed by atoms with Crippen molar-refractivity contribution < 1.29 is 9.47 Å². The topological polar surface area (TPSA) is 21.8 Å². The molecule has 18 heavy (non-hydrogen) atoms. The Hall–Kier alpha value is -1.02. The van der Waals surface area contributed by atoms with E-state index in [4.69, 9.17) is 9.47 Å². The molecule has 0 aromatic heterocycles. The maximum Gasteiger partial charge on any atom is 0.119 e. The smallest absolute Gasteiger partial charge is 0.119 e. The van der Waals surface area contributed by atoms with Crippen LogP contribution in [0, 0.1) is 0 Å². The summed E-state index contributed by atoms with van der Waals surface area (Å²) in [6.07, 6.45) is 7.81. The molecule has 0 N–H and O–H groups in total. The van der Waals surface area contributed by atoms with Crippen molar-refractivity contribution in [3.8, 4) is 5.75 Å². The molecule has 2 rings (SSSR count). The van der Waals surface area contributed by atoms with Gasteiger partial charge >= 0.3 is 0 Å². The number of aryl methyl sites for hydroxylation is 1. The van der Waals surface area contributed by atoms with Crippen LogP contribution in [0.4, 0.5) is 0 Å². The maximum atomic E-state index is 5.72. The molecule has 1 aromatic carbocycles. The molecule has 0 bridgehead atoms. The molecule has 1 atom stereocenters. The number of unbranched alkanes of at least 4 members (excludes halogenated alkanes) is 3. The van der Waals surface area contributed by atoms with Crippen LogP contribution in [-0.2, 0) is 11.2 Å². The van der Waals surface area contributed by atoms with E-state index in [-0.39, 0.29) is 0 Å². The Morgan fingerprint density at radius 3 is 2.61 bits per heavy atom. The van der Waals surface area contributed by atoms with Crippen LogP contribution in [0.1, 0.15) is 44.6 Å². The van der Waals surface area contributed by atoms with Gasteiger partial charge in [0.25, 0.3) is 0 Å². The lowest BCUT2D eigenvalue weighted by atomic mass is 10.1. The number of epoxide rings is 1. The van der Waals surface area contributed by atoms with Crippen LogP contribution in [0.3, 0.4) is 0 Å². The summed E-state index contributed by atoms with van der Waals surface area (Å²) in [7, 11) is 0. The van der Waals surface area contributed by atoms with Gasteiger partial charge in [0, 0.05) is 0 Å². The highest BCUT2D eigenvalue weighted by atomic mass is 16.6. The third-order valence-electron chi connectivity index (χ3n) is 3.35. The molecule has 0 saturated carbocycles. The van der Waals surface area contributed by atoms with Crippen molar-refractivity contribution >= 4 is 0 Å². The van der Waals surface area contributed by atoms with Crippen molar-refractivity contribution in [2.75, 3.05) is 13.2 Å². The van der Waals surface area contributed by atoms with Crippen molar-refractivity contribution in [2.24, 2.45) is 0 Å². The van der Waals surface area contributed by atoms with E-state index in [1.807, 2.05) is 0 Å². The summed E-state index contributed by atoms with van der Waals surface area (Å²) in [5, 5.41) is 0. The van der Waals surface area contributed by atoms with E-state index in [9.17, 15) is 0 Å². The van der Waals surface area contributed by atoms with Crippen LogP contribution in [0.25, 0.3) is 0 Å². The number of ether oxygens (including phenoxy) is 2. The highest BCUT2D eigenvalue weighted by Crippen LogP contribution is 2.19. The standard InChI is InChI=1S/C16H24O2/c1-2-3-4-5-12-17-15-9-6-14(7-10-15)8-11-16-13-18-16/h6-7,9-10,16H,2-5,8,11-13H2,1H3. The molecule has 2 heteroatoms. The Morgan fingerprint density at radius 2 is 1.94 bits per heavy atom. The predicted octanol–water partition coefficient (Wildman–Crippen LogP) is 3.98. The molecule has 0 spiro atoms. The first kappa shape index (κ1) is 13.4. The predicted molar refractivity (Wildman–Crippen MR) is 74.1 cm³/mol. The van der Waals surface area contributed by atoms with E-state index < -0.39 is 0 Å². The fraction of sp³-hybridized carbons (Fsp3) is 0.625. The maximum absolute atomic E-state index is 5.72. The Balaban J connectivity index is 1.63. The molecule has 1 saturated heterocycles. The average molecular weight is 248 g/mol. The van der Waals surface area contributed by atoms with E-state index in [0.29, 0.717) is 6.10 Å². The minimum atomic E-state index is 0.527. The summed E-state index contributed by atoms with van der Waals surface area (Å²) in [5.41, 5.74) is 1.38. The molecule has 1 aromatic rings. The summed E-state index contributed by atoms with van der Waals surface area (Å²) in [5.74, 6) is 0.998. The van der Waals surface area contributed by atoms with Crippen molar-refractivity contribution in [3.63, 3.8) is 0 Å². The van der Waals surface area contributed by atoms with E-state index in [0.717, 1.165) is 38.2 Å². The zero-order chi connectivity index (χ0) is 12.6. The number of hydrogen-bond acceptors (Lipinski definition) is 2. The van der Waals surface area contributed by atoms with Crippen LogP contribution >= 0.6 is 0 Å². The average Bonchev–Trinajstić information content (AvgIpc) is 3.22. The molecule has 0 radical (unpaired) electrons. The summed E-state index contributed by atoms with van der Waals surface area (Å²) in [4.78, 5) is 0. The minimum Gasteiger partial charge on any atom is -0.494 e. The van der Waals surface area contributed by atoms with E-state index >= 15 is 0 Å². The molecule has 100 valence electrons. The van der Waals surface area contributed by atoms with Gasteiger partial charge in [-0.15, -0.1) is 0 Å². The summed E-state index contributed by atoms with van der Waals surface area (Å²) in [6.45, 7) is 4.03. The second-order valence-electron chi connectivity index (χ2n) is 5.05. The highest BCUT2D eigenvalue weighted by Gasteiger charge is 2.21. The van der Waals surface area contributed by atoms with Gasteiger partial charge in [-0.3, -0.25) is 0 Å². The van der Waals surface area contributed by atoms with Crippen molar-refractivity contribution in [3.05, 3.63) is 29.8 Å². The normalized spacial score (nSPS) is 17.7. The minimum absolute atomic E-state index is 0.527. The van der Waals surface area contributed by atoms with Gasteiger partial charge in [0.15, 0.2) is 0 Å². The van der Waals surface area contributed by atoms with Crippen LogP contribution in [0.15, 0.2) is 24.3 Å². The molecular formula is C16H24O2. The van der Waals surface area contributed by atoms with E-state index in [1.54, 1.807) is 0 Å². The first-order valence-corrected chi connectivity index (χ1v) is 7.22. The fourth-order valence-corrected chi connectivity index (χ4v) is 2.03. The zero-order valence-corrected chi connectivity index (χ0v) is 11.4. The molecule has 1 aliphatic heterocycles. The largest absolute Gasteiger partial charge is 0.494 e. The van der Waals surface area contributed by atoms with Crippen LogP contribution in [-0.4, -0.2) is 19.3 Å². The molecule has 2 nitrogen and oxygen atoms in total. The van der Waals surface area contributed by atoms with Gasteiger partial charge in [0.2, 0.25) is 0 Å². The summed E-state index contributed by atoms with van der Waals surface area (Å²) < 4.78 is 10.9. The lowest BCUT2D eigenvalue weighted by molar-refractivity contribution is 0.305. The Bertz CT molecular complexity index is 327. The van der Waals surface area contributed by atoms with Gasteiger partial charge < -0.3 is 9.47 Å². The second-order valence-corrected chi connectivity index (χ2v) is 5.05. The second kappa shape index (κ2) is 7.42. The summed E-state index contributed by atoms with van der Waals surface area (Å²) >= 11 is 0. The van der Waals surface area contributed by atoms with Crippen molar-refractivity contribution in [1.29, 1.82) is 0 Å².